The molecule has 1 aliphatic heterocycles. The minimum absolute atomic E-state index is 0.107. The van der Waals surface area contributed by atoms with Crippen LogP contribution in [0.3, 0.4) is 0 Å². The van der Waals surface area contributed by atoms with E-state index in [1.54, 1.807) is 11.8 Å². The summed E-state index contributed by atoms with van der Waals surface area (Å²) in [4.78, 5) is 0. The lowest BCUT2D eigenvalue weighted by Gasteiger charge is -2.54. The lowest BCUT2D eigenvalue weighted by atomic mass is 9.74. The van der Waals surface area contributed by atoms with Crippen LogP contribution in [-0.4, -0.2) is 32.9 Å². The molecule has 3 rings (SSSR count). The Bertz CT molecular complexity index is 587. The van der Waals surface area contributed by atoms with E-state index in [4.69, 9.17) is 4.74 Å². The van der Waals surface area contributed by atoms with Gasteiger partial charge in [0, 0.05) is 10.00 Å². The van der Waals surface area contributed by atoms with E-state index in [0.717, 1.165) is 18.4 Å². The predicted octanol–water partition coefficient (Wildman–Crippen LogP) is 5.69. The molecule has 1 heterocycles. The molecule has 146 valence electrons. The number of ether oxygens (including phenoxy) is 1. The second kappa shape index (κ2) is 8.06. The van der Waals surface area contributed by atoms with E-state index in [9.17, 15) is 5.11 Å². The summed E-state index contributed by atoms with van der Waals surface area (Å²) in [5.41, 5.74) is -0.233. The average Bonchev–Trinajstić information content (AvgIpc) is 2.62. The van der Waals surface area contributed by atoms with E-state index in [0.29, 0.717) is 11.8 Å². The van der Waals surface area contributed by atoms with E-state index in [2.05, 4.69) is 46.1 Å². The Morgan fingerprint density at radius 3 is 2.62 bits per heavy atom. The number of aliphatic hydroxyl groups is 1. The average molecular weight is 395 g/mol. The number of hydrogen-bond acceptors (Lipinski definition) is 4. The maximum Gasteiger partial charge on any atom is 0.138 e. The van der Waals surface area contributed by atoms with Crippen LogP contribution in [0.5, 0.6) is 0 Å². The topological polar surface area (TPSA) is 29.5 Å². The smallest absolute Gasteiger partial charge is 0.138 e. The molecule has 1 aromatic rings. The third-order valence-corrected chi connectivity index (χ3v) is 9.25. The van der Waals surface area contributed by atoms with Crippen molar-refractivity contribution >= 4 is 23.5 Å². The molecule has 0 unspecified atom stereocenters. The van der Waals surface area contributed by atoms with Gasteiger partial charge in [-0.25, -0.2) is 0 Å². The molecule has 1 aliphatic carbocycles. The van der Waals surface area contributed by atoms with E-state index in [1.807, 2.05) is 30.0 Å². The normalized spacial score (nSPS) is 34.5. The van der Waals surface area contributed by atoms with Crippen molar-refractivity contribution in [3.05, 3.63) is 35.9 Å². The zero-order chi connectivity index (χ0) is 18.9. The number of benzene rings is 1. The van der Waals surface area contributed by atoms with Crippen LogP contribution in [0.1, 0.15) is 58.9 Å². The summed E-state index contributed by atoms with van der Waals surface area (Å²) in [6.07, 6.45) is 6.93. The van der Waals surface area contributed by atoms with Gasteiger partial charge in [0.25, 0.3) is 0 Å². The van der Waals surface area contributed by atoms with Crippen molar-refractivity contribution in [1.82, 2.24) is 0 Å². The first-order valence-corrected chi connectivity index (χ1v) is 12.1. The van der Waals surface area contributed by atoms with Gasteiger partial charge in [-0.05, 0) is 42.9 Å². The van der Waals surface area contributed by atoms with Crippen molar-refractivity contribution in [2.24, 2.45) is 11.8 Å². The van der Waals surface area contributed by atoms with Crippen molar-refractivity contribution in [2.45, 2.75) is 80.5 Å². The summed E-state index contributed by atoms with van der Waals surface area (Å²) in [5, 5.41) is 12.2. The number of fused-ring (bicyclic) bond motifs is 1. The van der Waals surface area contributed by atoms with Crippen molar-refractivity contribution < 1.29 is 9.84 Å². The van der Waals surface area contributed by atoms with Crippen molar-refractivity contribution in [1.29, 1.82) is 0 Å². The van der Waals surface area contributed by atoms with Crippen molar-refractivity contribution in [3.8, 4) is 0 Å². The number of hydrogen-bond donors (Lipinski definition) is 1. The highest BCUT2D eigenvalue weighted by atomic mass is 32.2. The fourth-order valence-corrected chi connectivity index (χ4v) is 7.57. The molecule has 1 N–H and O–H groups in total. The van der Waals surface area contributed by atoms with Gasteiger partial charge in [-0.3, -0.25) is 0 Å². The molecule has 0 aromatic heterocycles. The highest BCUT2D eigenvalue weighted by Crippen LogP contribution is 2.55. The van der Waals surface area contributed by atoms with Gasteiger partial charge in [-0.1, -0.05) is 64.4 Å². The van der Waals surface area contributed by atoms with Gasteiger partial charge in [-0.15, -0.1) is 11.8 Å². The van der Waals surface area contributed by atoms with Gasteiger partial charge in [0.05, 0.1) is 6.10 Å². The third-order valence-electron chi connectivity index (χ3n) is 6.40. The quantitative estimate of drug-likeness (QED) is 0.695. The van der Waals surface area contributed by atoms with E-state index in [-0.39, 0.29) is 21.5 Å². The largest absolute Gasteiger partial charge is 0.380 e. The monoisotopic (exact) mass is 394 g/mol. The van der Waals surface area contributed by atoms with Gasteiger partial charge < -0.3 is 9.84 Å². The van der Waals surface area contributed by atoms with Crippen LogP contribution in [0.2, 0.25) is 0 Å². The summed E-state index contributed by atoms with van der Waals surface area (Å²) in [5.74, 6) is 1.29. The lowest BCUT2D eigenvalue weighted by Crippen LogP contribution is -2.57. The van der Waals surface area contributed by atoms with Crippen LogP contribution < -0.4 is 0 Å². The Hall–Kier alpha value is -0.160. The van der Waals surface area contributed by atoms with Crippen LogP contribution in [0.25, 0.3) is 0 Å². The Kier molecular flexibility index (Phi) is 6.38. The zero-order valence-corrected chi connectivity index (χ0v) is 18.4. The molecular formula is C22H34O2S2. The van der Waals surface area contributed by atoms with Crippen LogP contribution in [-0.2, 0) is 10.3 Å². The van der Waals surface area contributed by atoms with E-state index in [1.165, 1.54) is 12.8 Å². The summed E-state index contributed by atoms with van der Waals surface area (Å²) >= 11 is 3.60. The molecule has 0 bridgehead atoms. The number of rotatable bonds is 5. The van der Waals surface area contributed by atoms with E-state index >= 15 is 0 Å². The Morgan fingerprint density at radius 1 is 1.31 bits per heavy atom. The van der Waals surface area contributed by atoms with Crippen LogP contribution in [0.15, 0.2) is 30.3 Å². The number of thioether (sulfide) groups is 2. The molecule has 1 saturated heterocycles. The minimum atomic E-state index is -0.983. The third kappa shape index (κ3) is 3.72. The molecule has 26 heavy (non-hydrogen) atoms. The second-order valence-electron chi connectivity index (χ2n) is 8.58. The summed E-state index contributed by atoms with van der Waals surface area (Å²) in [7, 11) is 0. The van der Waals surface area contributed by atoms with Gasteiger partial charge in [-0.2, -0.15) is 11.8 Å². The molecule has 1 aromatic carbocycles. The molecule has 0 radical (unpaired) electrons. The predicted molar refractivity (Wildman–Crippen MR) is 115 cm³/mol. The first-order chi connectivity index (χ1) is 12.3. The Balaban J connectivity index is 1.99. The Morgan fingerprint density at radius 2 is 2.00 bits per heavy atom. The summed E-state index contributed by atoms with van der Waals surface area (Å²) < 4.78 is 6.82. The van der Waals surface area contributed by atoms with Gasteiger partial charge >= 0.3 is 0 Å². The Labute approximate surface area is 167 Å². The first kappa shape index (κ1) is 20.6. The van der Waals surface area contributed by atoms with Crippen LogP contribution >= 0.6 is 23.5 Å². The molecule has 1 saturated carbocycles. The zero-order valence-electron chi connectivity index (χ0n) is 16.8. The first-order valence-electron chi connectivity index (χ1n) is 9.96. The highest BCUT2D eigenvalue weighted by Gasteiger charge is 2.55. The molecule has 6 atom stereocenters. The minimum Gasteiger partial charge on any atom is -0.380 e. The van der Waals surface area contributed by atoms with Crippen molar-refractivity contribution in [2.75, 3.05) is 6.26 Å². The fourth-order valence-electron chi connectivity index (χ4n) is 4.85. The molecule has 2 nitrogen and oxygen atoms in total. The highest BCUT2D eigenvalue weighted by molar-refractivity contribution is 8.01. The maximum atomic E-state index is 12.1. The van der Waals surface area contributed by atoms with Gasteiger partial charge in [0.15, 0.2) is 0 Å². The maximum absolute atomic E-state index is 12.1. The molecule has 4 heteroatoms. The molecule has 0 spiro atoms. The van der Waals surface area contributed by atoms with Crippen LogP contribution in [0.4, 0.5) is 0 Å². The second-order valence-corrected chi connectivity index (χ2v) is 11.3. The summed E-state index contributed by atoms with van der Waals surface area (Å²) in [6, 6.07) is 10.2. The SMILES string of the molecule is CC[C@H](SC)[C@@](O)(c1ccccc1)[C@@H]1O[C@@H]2C[C@H](C)CC[C@H]2C(C)(C)S1. The lowest BCUT2D eigenvalue weighted by molar-refractivity contribution is -0.137. The molecule has 0 amide bonds. The molecule has 2 aliphatic rings. The fraction of sp³-hybridized carbons (Fsp3) is 0.727. The summed E-state index contributed by atoms with van der Waals surface area (Å²) in [6.45, 7) is 9.21. The van der Waals surface area contributed by atoms with Gasteiger partial charge in [0.1, 0.15) is 11.0 Å². The van der Waals surface area contributed by atoms with Crippen molar-refractivity contribution in [3.63, 3.8) is 0 Å². The van der Waals surface area contributed by atoms with E-state index < -0.39 is 5.60 Å². The van der Waals surface area contributed by atoms with Gasteiger partial charge in [0.2, 0.25) is 0 Å². The molecular weight excluding hydrogens is 360 g/mol. The van der Waals surface area contributed by atoms with Crippen LogP contribution in [0, 0.1) is 11.8 Å². The molecule has 2 fully saturated rings. The standard InChI is InChI=1S/C22H34O2S2/c1-6-19(25-5)22(23,16-10-8-7-9-11-16)20-24-18-14-15(2)12-13-17(18)21(3,4)26-20/h7-11,15,17-20,23H,6,12-14H2,1-5H3/t15-,17-,18-,19+,20-,22+/m1/s1.